The molecule has 25 heavy (non-hydrogen) atoms. The highest BCUT2D eigenvalue weighted by Gasteiger charge is 2.36. The average molecular weight is 340 g/mol. The van der Waals surface area contributed by atoms with Gasteiger partial charge in [-0.15, -0.1) is 0 Å². The summed E-state index contributed by atoms with van der Waals surface area (Å²) in [5.74, 6) is -0.280. The van der Waals surface area contributed by atoms with Crippen LogP contribution < -0.4 is 15.5 Å². The Balaban J connectivity index is 1.34. The number of hydrogen-bond donors (Lipinski definition) is 2. The zero-order valence-corrected chi connectivity index (χ0v) is 14.3. The lowest BCUT2D eigenvalue weighted by atomic mass is 9.92. The fraction of sp³-hybridized carbons (Fsp3) is 0.579. The number of nitrogens with one attached hydrogen (secondary N) is 2. The molecule has 6 nitrogen and oxygen atoms in total. The first-order valence-electron chi connectivity index (χ1n) is 9.37. The lowest BCUT2D eigenvalue weighted by Crippen LogP contribution is -2.61. The number of nitrogens with zero attached hydrogens (tertiary/aromatic N) is 2. The zero-order valence-electron chi connectivity index (χ0n) is 14.3. The molecule has 0 radical (unpaired) electrons. The molecule has 4 saturated heterocycles. The van der Waals surface area contributed by atoms with Crippen molar-refractivity contribution in [1.29, 1.82) is 0 Å². The maximum atomic E-state index is 12.2. The molecule has 5 heterocycles. The summed E-state index contributed by atoms with van der Waals surface area (Å²) in [4.78, 5) is 28.3. The van der Waals surface area contributed by atoms with Gasteiger partial charge in [-0.05, 0) is 42.5 Å². The molecular formula is C19H24N4O2. The third-order valence-electron chi connectivity index (χ3n) is 6.27. The van der Waals surface area contributed by atoms with E-state index in [0.29, 0.717) is 24.9 Å². The molecule has 5 aliphatic heterocycles. The van der Waals surface area contributed by atoms with Crippen LogP contribution in [0.5, 0.6) is 0 Å². The van der Waals surface area contributed by atoms with E-state index in [4.69, 9.17) is 0 Å². The number of fused-ring (bicyclic) bond motifs is 4. The van der Waals surface area contributed by atoms with Gasteiger partial charge in [-0.1, -0.05) is 6.07 Å². The minimum Gasteiger partial charge on any atom is -0.366 e. The van der Waals surface area contributed by atoms with Gasteiger partial charge in [-0.3, -0.25) is 19.8 Å². The van der Waals surface area contributed by atoms with Crippen LogP contribution in [0.3, 0.4) is 0 Å². The van der Waals surface area contributed by atoms with E-state index in [9.17, 15) is 9.59 Å². The van der Waals surface area contributed by atoms with Gasteiger partial charge in [0.05, 0.1) is 6.04 Å². The molecule has 3 atom stereocenters. The molecule has 0 saturated carbocycles. The fourth-order valence-electron chi connectivity index (χ4n) is 4.86. The highest BCUT2D eigenvalue weighted by molar-refractivity contribution is 6.00. The van der Waals surface area contributed by atoms with Gasteiger partial charge in [-0.2, -0.15) is 0 Å². The SMILES string of the molecule is O=C1CCC(N2Cc3ccc(N4CC5CCC4CN5)cc3C2)C(=O)N1. The number of piperidine rings is 3. The third-order valence-corrected chi connectivity index (χ3v) is 6.27. The van der Waals surface area contributed by atoms with Crippen molar-refractivity contribution < 1.29 is 9.59 Å². The van der Waals surface area contributed by atoms with Crippen molar-refractivity contribution in [3.05, 3.63) is 29.3 Å². The predicted octanol–water partition coefficient (Wildman–Crippen LogP) is 0.748. The number of benzene rings is 1. The lowest BCUT2D eigenvalue weighted by Gasteiger charge is -2.47. The average Bonchev–Trinajstić information content (AvgIpc) is 3.05. The maximum absolute atomic E-state index is 12.2. The summed E-state index contributed by atoms with van der Waals surface area (Å²) in [6.07, 6.45) is 3.64. The van der Waals surface area contributed by atoms with Crippen LogP contribution in [0.2, 0.25) is 0 Å². The van der Waals surface area contributed by atoms with Gasteiger partial charge in [0.2, 0.25) is 11.8 Å². The molecule has 1 aromatic rings. The second-order valence-corrected chi connectivity index (χ2v) is 7.81. The van der Waals surface area contributed by atoms with E-state index >= 15 is 0 Å². The number of piperazine rings is 1. The second kappa shape index (κ2) is 5.81. The van der Waals surface area contributed by atoms with Crippen molar-refractivity contribution in [3.63, 3.8) is 0 Å². The molecule has 4 fully saturated rings. The van der Waals surface area contributed by atoms with Crippen LogP contribution in [0.25, 0.3) is 0 Å². The summed E-state index contributed by atoms with van der Waals surface area (Å²) < 4.78 is 0. The smallest absolute Gasteiger partial charge is 0.243 e. The van der Waals surface area contributed by atoms with E-state index in [-0.39, 0.29) is 17.9 Å². The monoisotopic (exact) mass is 340 g/mol. The van der Waals surface area contributed by atoms with Gasteiger partial charge in [0.15, 0.2) is 0 Å². The first-order valence-corrected chi connectivity index (χ1v) is 9.37. The maximum Gasteiger partial charge on any atom is 0.243 e. The van der Waals surface area contributed by atoms with E-state index < -0.39 is 0 Å². The van der Waals surface area contributed by atoms with Gasteiger partial charge < -0.3 is 10.2 Å². The van der Waals surface area contributed by atoms with Crippen LogP contribution in [0.15, 0.2) is 18.2 Å². The first kappa shape index (κ1) is 15.3. The predicted molar refractivity (Wildman–Crippen MR) is 94.0 cm³/mol. The standard InChI is InChI=1S/C19H24N4O2/c24-18-6-5-17(19(25)21-18)22-9-12-1-3-15(7-13(12)10-22)23-11-14-2-4-16(23)8-20-14/h1,3,7,14,16-17,20H,2,4-6,8-11H2,(H,21,24,25). The van der Waals surface area contributed by atoms with Crippen LogP contribution in [0.1, 0.15) is 36.8 Å². The molecule has 132 valence electrons. The van der Waals surface area contributed by atoms with E-state index in [1.807, 2.05) is 0 Å². The summed E-state index contributed by atoms with van der Waals surface area (Å²) in [7, 11) is 0. The van der Waals surface area contributed by atoms with Crippen molar-refractivity contribution in [2.24, 2.45) is 0 Å². The molecule has 2 N–H and O–H groups in total. The Hall–Kier alpha value is -1.92. The zero-order chi connectivity index (χ0) is 17.0. The Morgan fingerprint density at radius 1 is 1.04 bits per heavy atom. The molecule has 0 aliphatic carbocycles. The molecular weight excluding hydrogens is 316 g/mol. The van der Waals surface area contributed by atoms with Crippen LogP contribution in [-0.2, 0) is 22.7 Å². The number of amides is 2. The Morgan fingerprint density at radius 2 is 1.92 bits per heavy atom. The third kappa shape index (κ3) is 2.64. The van der Waals surface area contributed by atoms with E-state index in [0.717, 1.165) is 26.2 Å². The lowest BCUT2D eigenvalue weighted by molar-refractivity contribution is -0.137. The van der Waals surface area contributed by atoms with Crippen LogP contribution in [0.4, 0.5) is 5.69 Å². The number of imide groups is 1. The summed E-state index contributed by atoms with van der Waals surface area (Å²) in [5.41, 5.74) is 3.96. The summed E-state index contributed by atoms with van der Waals surface area (Å²) in [6.45, 7) is 3.79. The van der Waals surface area contributed by atoms with E-state index in [1.165, 1.54) is 29.7 Å². The molecule has 6 rings (SSSR count). The number of hydrogen-bond acceptors (Lipinski definition) is 5. The highest BCUT2D eigenvalue weighted by atomic mass is 16.2. The van der Waals surface area contributed by atoms with Gasteiger partial charge in [0.25, 0.3) is 0 Å². The van der Waals surface area contributed by atoms with Crippen molar-refractivity contribution in [2.75, 3.05) is 18.0 Å². The molecule has 2 amide bonds. The number of rotatable bonds is 2. The van der Waals surface area contributed by atoms with E-state index in [1.54, 1.807) is 0 Å². The topological polar surface area (TPSA) is 64.7 Å². The van der Waals surface area contributed by atoms with Gasteiger partial charge >= 0.3 is 0 Å². The number of carbonyl (C=O) groups is 2. The Labute approximate surface area is 147 Å². The van der Waals surface area contributed by atoms with Gasteiger partial charge in [0.1, 0.15) is 0 Å². The van der Waals surface area contributed by atoms with Crippen LogP contribution in [-0.4, -0.2) is 47.9 Å². The van der Waals surface area contributed by atoms with Gasteiger partial charge in [-0.25, -0.2) is 0 Å². The second-order valence-electron chi connectivity index (χ2n) is 7.81. The van der Waals surface area contributed by atoms with Crippen LogP contribution >= 0.6 is 0 Å². The fourth-order valence-corrected chi connectivity index (χ4v) is 4.86. The summed E-state index contributed by atoms with van der Waals surface area (Å²) >= 11 is 0. The van der Waals surface area contributed by atoms with Crippen LogP contribution in [0, 0.1) is 0 Å². The molecule has 3 unspecified atom stereocenters. The van der Waals surface area contributed by atoms with E-state index in [2.05, 4.69) is 38.6 Å². The molecule has 2 bridgehead atoms. The van der Waals surface area contributed by atoms with Crippen molar-refractivity contribution in [1.82, 2.24) is 15.5 Å². The molecule has 6 heteroatoms. The minimum absolute atomic E-state index is 0.135. The first-order chi connectivity index (χ1) is 12.2. The molecule has 0 spiro atoms. The highest BCUT2D eigenvalue weighted by Crippen LogP contribution is 2.33. The molecule has 5 aliphatic rings. The minimum atomic E-state index is -0.177. The van der Waals surface area contributed by atoms with Crippen molar-refractivity contribution in [3.8, 4) is 0 Å². The Kier molecular flexibility index (Phi) is 3.57. The number of anilines is 1. The van der Waals surface area contributed by atoms with Gasteiger partial charge in [0, 0.05) is 50.4 Å². The largest absolute Gasteiger partial charge is 0.366 e. The summed E-state index contributed by atoms with van der Waals surface area (Å²) in [5, 5.41) is 6.09. The molecule has 0 aromatic heterocycles. The quantitative estimate of drug-likeness (QED) is 0.778. The Morgan fingerprint density at radius 3 is 2.64 bits per heavy atom. The normalized spacial score (nSPS) is 32.0. The number of carbonyl (C=O) groups excluding carboxylic acids is 2. The Bertz CT molecular complexity index is 726. The molecule has 1 aromatic carbocycles. The van der Waals surface area contributed by atoms with Crippen molar-refractivity contribution in [2.45, 2.75) is 56.9 Å². The van der Waals surface area contributed by atoms with Crippen molar-refractivity contribution >= 4 is 17.5 Å². The summed E-state index contributed by atoms with van der Waals surface area (Å²) in [6, 6.07) is 7.85.